The van der Waals surface area contributed by atoms with E-state index in [1.54, 1.807) is 49.4 Å². The molecule has 1 saturated heterocycles. The summed E-state index contributed by atoms with van der Waals surface area (Å²) in [5.41, 5.74) is 0.667. The van der Waals surface area contributed by atoms with Crippen molar-refractivity contribution < 1.29 is 28.0 Å². The minimum atomic E-state index is -1.20. The maximum Gasteiger partial charge on any atom is 0.291 e. The Bertz CT molecular complexity index is 1100. The van der Waals surface area contributed by atoms with Crippen LogP contribution in [0.2, 0.25) is 0 Å². The third kappa shape index (κ3) is 4.23. The lowest BCUT2D eigenvalue weighted by Crippen LogP contribution is -2.30. The molecule has 0 spiro atoms. The van der Waals surface area contributed by atoms with Gasteiger partial charge in [0.15, 0.2) is 5.76 Å². The molecule has 3 aromatic rings. The normalized spacial score (nSPS) is 18.4. The van der Waals surface area contributed by atoms with Crippen LogP contribution in [-0.2, 0) is 16.1 Å². The van der Waals surface area contributed by atoms with Gasteiger partial charge in [-0.05, 0) is 55.3 Å². The number of nitrogens with zero attached hydrogens (tertiary/aromatic N) is 1. The Kier molecular flexibility index (Phi) is 6.25. The Balaban J connectivity index is 1.68. The van der Waals surface area contributed by atoms with Crippen LogP contribution in [0.1, 0.15) is 53.4 Å². The van der Waals surface area contributed by atoms with E-state index >= 15 is 0 Å². The molecule has 0 aliphatic carbocycles. The Hall–Kier alpha value is -3.61. The van der Waals surface area contributed by atoms with Crippen LogP contribution in [-0.4, -0.2) is 29.0 Å². The molecular formula is C25H25NO6. The highest BCUT2D eigenvalue weighted by molar-refractivity contribution is 6.43. The summed E-state index contributed by atoms with van der Waals surface area (Å²) in [6.07, 6.45) is 3.48. The number of rotatable bonds is 9. The van der Waals surface area contributed by atoms with Gasteiger partial charge in [-0.2, -0.15) is 0 Å². The van der Waals surface area contributed by atoms with Gasteiger partial charge in [0.1, 0.15) is 23.2 Å². The quantitative estimate of drug-likeness (QED) is 0.213. The van der Waals surface area contributed by atoms with Crippen molar-refractivity contribution >= 4 is 17.5 Å². The predicted molar refractivity (Wildman–Crippen MR) is 115 cm³/mol. The van der Waals surface area contributed by atoms with Gasteiger partial charge in [-0.3, -0.25) is 14.4 Å². The Morgan fingerprint density at radius 2 is 1.88 bits per heavy atom. The van der Waals surface area contributed by atoms with Crippen LogP contribution in [0.3, 0.4) is 0 Å². The standard InChI is InChI=1S/C25H25NO6/c1-3-4-13-30-18-10-8-17(9-11-18)22-21(23(27)20-12-7-16(2)32-20)24(28)25(29)26(22)15-19-6-5-14-31-19/h5-12,14,21-22H,3-4,13,15H2,1-2H3. The van der Waals surface area contributed by atoms with Gasteiger partial charge in [0.25, 0.3) is 5.91 Å². The van der Waals surface area contributed by atoms with E-state index in [1.165, 1.54) is 17.2 Å². The number of unbranched alkanes of at least 4 members (excludes halogenated alkanes) is 1. The van der Waals surface area contributed by atoms with E-state index in [-0.39, 0.29) is 12.3 Å². The molecule has 2 unspecified atom stereocenters. The number of benzene rings is 1. The van der Waals surface area contributed by atoms with Gasteiger partial charge >= 0.3 is 0 Å². The van der Waals surface area contributed by atoms with Crippen molar-refractivity contribution in [2.24, 2.45) is 5.92 Å². The largest absolute Gasteiger partial charge is 0.494 e. The minimum absolute atomic E-state index is 0.0676. The Morgan fingerprint density at radius 3 is 2.50 bits per heavy atom. The highest BCUT2D eigenvalue weighted by Crippen LogP contribution is 2.40. The number of likely N-dealkylation sites (tertiary alicyclic amines) is 1. The molecule has 0 saturated carbocycles. The summed E-state index contributed by atoms with van der Waals surface area (Å²) in [6.45, 7) is 4.50. The first-order chi connectivity index (χ1) is 15.5. The predicted octanol–water partition coefficient (Wildman–Crippen LogP) is 4.51. The first kappa shape index (κ1) is 21.6. The number of amides is 1. The van der Waals surface area contributed by atoms with E-state index in [1.807, 2.05) is 0 Å². The zero-order chi connectivity index (χ0) is 22.7. The molecule has 7 nitrogen and oxygen atoms in total. The highest BCUT2D eigenvalue weighted by Gasteiger charge is 2.52. The second kappa shape index (κ2) is 9.26. The molecule has 0 radical (unpaired) electrons. The number of carbonyl (C=O) groups is 3. The summed E-state index contributed by atoms with van der Waals surface area (Å²) < 4.78 is 16.6. The first-order valence-corrected chi connectivity index (χ1v) is 10.7. The molecule has 0 bridgehead atoms. The van der Waals surface area contributed by atoms with E-state index in [9.17, 15) is 14.4 Å². The number of Topliss-reactive ketones (excluding diaryl/α,β-unsaturated/α-hetero) is 2. The summed E-state index contributed by atoms with van der Waals surface area (Å²) in [5.74, 6) is -1.32. The average molecular weight is 435 g/mol. The van der Waals surface area contributed by atoms with Gasteiger partial charge in [0.2, 0.25) is 11.6 Å². The van der Waals surface area contributed by atoms with E-state index in [4.69, 9.17) is 13.6 Å². The maximum absolute atomic E-state index is 13.2. The molecule has 0 N–H and O–H groups in total. The fourth-order valence-corrected chi connectivity index (χ4v) is 3.92. The molecule has 4 rings (SSSR count). The second-order valence-corrected chi connectivity index (χ2v) is 7.84. The molecule has 166 valence electrons. The van der Waals surface area contributed by atoms with Crippen LogP contribution in [0.4, 0.5) is 0 Å². The number of ether oxygens (including phenoxy) is 1. The van der Waals surface area contributed by atoms with Crippen molar-refractivity contribution in [1.82, 2.24) is 4.90 Å². The van der Waals surface area contributed by atoms with Crippen molar-refractivity contribution in [3.8, 4) is 5.75 Å². The van der Waals surface area contributed by atoms with Gasteiger partial charge in [0.05, 0.1) is 25.5 Å². The van der Waals surface area contributed by atoms with Crippen molar-refractivity contribution in [3.05, 3.63) is 77.6 Å². The average Bonchev–Trinajstić information content (AvgIpc) is 3.52. The van der Waals surface area contributed by atoms with E-state index in [2.05, 4.69) is 6.92 Å². The number of hydrogen-bond acceptors (Lipinski definition) is 6. The van der Waals surface area contributed by atoms with Crippen molar-refractivity contribution in [3.63, 3.8) is 0 Å². The zero-order valence-corrected chi connectivity index (χ0v) is 18.1. The molecule has 1 aromatic carbocycles. The smallest absolute Gasteiger partial charge is 0.291 e. The zero-order valence-electron chi connectivity index (χ0n) is 18.1. The number of ketones is 2. The van der Waals surface area contributed by atoms with Crippen molar-refractivity contribution in [2.75, 3.05) is 6.61 Å². The van der Waals surface area contributed by atoms with E-state index < -0.39 is 29.4 Å². The molecular weight excluding hydrogens is 410 g/mol. The van der Waals surface area contributed by atoms with Crippen LogP contribution < -0.4 is 4.74 Å². The second-order valence-electron chi connectivity index (χ2n) is 7.84. The summed E-state index contributed by atoms with van der Waals surface area (Å²) in [4.78, 5) is 40.6. The van der Waals surface area contributed by atoms with Gasteiger partial charge in [0, 0.05) is 0 Å². The summed E-state index contributed by atoms with van der Waals surface area (Å²) in [5, 5.41) is 0. The monoisotopic (exact) mass is 435 g/mol. The molecule has 3 heterocycles. The fraction of sp³-hybridized carbons (Fsp3) is 0.320. The van der Waals surface area contributed by atoms with Crippen LogP contribution in [0.15, 0.2) is 63.6 Å². The fourth-order valence-electron chi connectivity index (χ4n) is 3.92. The van der Waals surface area contributed by atoms with Gasteiger partial charge in [-0.15, -0.1) is 0 Å². The molecule has 1 aliphatic heterocycles. The number of furan rings is 2. The maximum atomic E-state index is 13.2. The summed E-state index contributed by atoms with van der Waals surface area (Å²) in [6, 6.07) is 13.0. The van der Waals surface area contributed by atoms with Gasteiger partial charge in [-0.1, -0.05) is 25.5 Å². The third-order valence-electron chi connectivity index (χ3n) is 5.57. The molecule has 2 aromatic heterocycles. The van der Waals surface area contributed by atoms with Crippen LogP contribution in [0.25, 0.3) is 0 Å². The van der Waals surface area contributed by atoms with Crippen molar-refractivity contribution in [2.45, 2.75) is 39.3 Å². The Labute approximate surface area is 186 Å². The lowest BCUT2D eigenvalue weighted by Gasteiger charge is -2.26. The van der Waals surface area contributed by atoms with Crippen LogP contribution >= 0.6 is 0 Å². The van der Waals surface area contributed by atoms with Gasteiger partial charge < -0.3 is 18.5 Å². The SMILES string of the molecule is CCCCOc1ccc(C2C(C(=O)c3ccc(C)o3)C(=O)C(=O)N2Cc2ccco2)cc1. The number of aryl methyl sites for hydroxylation is 1. The molecule has 1 fully saturated rings. The summed E-state index contributed by atoms with van der Waals surface area (Å²) >= 11 is 0. The first-order valence-electron chi connectivity index (χ1n) is 10.7. The van der Waals surface area contributed by atoms with E-state index in [0.29, 0.717) is 29.4 Å². The molecule has 1 aliphatic rings. The highest BCUT2D eigenvalue weighted by atomic mass is 16.5. The van der Waals surface area contributed by atoms with E-state index in [0.717, 1.165) is 12.8 Å². The van der Waals surface area contributed by atoms with Gasteiger partial charge in [-0.25, -0.2) is 0 Å². The van der Waals surface area contributed by atoms with Crippen LogP contribution in [0.5, 0.6) is 5.75 Å². The van der Waals surface area contributed by atoms with Crippen molar-refractivity contribution in [1.29, 1.82) is 0 Å². The topological polar surface area (TPSA) is 90.0 Å². The molecule has 2 atom stereocenters. The molecule has 7 heteroatoms. The summed E-state index contributed by atoms with van der Waals surface area (Å²) in [7, 11) is 0. The number of hydrogen-bond donors (Lipinski definition) is 0. The lowest BCUT2D eigenvalue weighted by molar-refractivity contribution is -0.141. The van der Waals surface area contributed by atoms with Crippen LogP contribution in [0, 0.1) is 12.8 Å². The minimum Gasteiger partial charge on any atom is -0.494 e. The molecule has 1 amide bonds. The molecule has 32 heavy (non-hydrogen) atoms. The lowest BCUT2D eigenvalue weighted by atomic mass is 9.88. The number of carbonyl (C=O) groups excluding carboxylic acids is 3. The Morgan fingerprint density at radius 1 is 1.09 bits per heavy atom. The third-order valence-corrected chi connectivity index (χ3v) is 5.57.